The van der Waals surface area contributed by atoms with Crippen molar-refractivity contribution in [2.45, 2.75) is 6.17 Å². The van der Waals surface area contributed by atoms with E-state index in [1.165, 1.54) is 0 Å². The van der Waals surface area contributed by atoms with Crippen molar-refractivity contribution in [3.63, 3.8) is 0 Å². The Labute approximate surface area is 47.3 Å². The minimum Gasteiger partial charge on any atom is -0.358 e. The maximum absolute atomic E-state index is 8.23. The molecule has 3 heteroatoms. The zero-order chi connectivity index (χ0) is 5.82. The largest absolute Gasteiger partial charge is 0.358 e. The smallest absolute Gasteiger partial charge is 0.206 e. The van der Waals surface area contributed by atoms with Gasteiger partial charge in [-0.3, -0.25) is 4.99 Å². The molecule has 1 atom stereocenters. The molecule has 1 aliphatic heterocycles. The lowest BCUT2D eigenvalue weighted by Crippen LogP contribution is -2.21. The first-order valence-electron chi connectivity index (χ1n) is 2.27. The summed E-state index contributed by atoms with van der Waals surface area (Å²) < 4.78 is 0. The van der Waals surface area contributed by atoms with Gasteiger partial charge in [0.15, 0.2) is 0 Å². The van der Waals surface area contributed by atoms with Crippen LogP contribution in [0.3, 0.4) is 0 Å². The highest BCUT2D eigenvalue weighted by molar-refractivity contribution is 5.72. The summed E-state index contributed by atoms with van der Waals surface area (Å²) in [5.74, 6) is 0. The number of nitrogens with zero attached hydrogens (tertiary/aromatic N) is 2. The van der Waals surface area contributed by atoms with Crippen LogP contribution in [-0.4, -0.2) is 12.4 Å². The molecule has 8 heavy (non-hydrogen) atoms. The fourth-order valence-electron chi connectivity index (χ4n) is 0.439. The molecule has 0 aromatic heterocycles. The van der Waals surface area contributed by atoms with Gasteiger partial charge in [-0.05, 0) is 6.08 Å². The second-order valence-electron chi connectivity index (χ2n) is 1.36. The third-order valence-corrected chi connectivity index (χ3v) is 0.794. The van der Waals surface area contributed by atoms with Crippen LogP contribution in [0.4, 0.5) is 0 Å². The Hall–Kier alpha value is -1.30. The monoisotopic (exact) mass is 107 g/mol. The molecule has 1 N–H and O–H groups in total. The van der Waals surface area contributed by atoms with Gasteiger partial charge in [0.25, 0.3) is 0 Å². The summed E-state index contributed by atoms with van der Waals surface area (Å²) in [6, 6.07) is 1.94. The molecule has 1 rings (SSSR count). The number of hydrogen-bond acceptors (Lipinski definition) is 3. The van der Waals surface area contributed by atoms with E-state index in [1.54, 1.807) is 18.5 Å². The number of rotatable bonds is 0. The number of allylic oxidation sites excluding steroid dienone is 1. The topological polar surface area (TPSA) is 48.2 Å². The van der Waals surface area contributed by atoms with E-state index in [2.05, 4.69) is 10.3 Å². The van der Waals surface area contributed by atoms with Gasteiger partial charge >= 0.3 is 0 Å². The molecule has 1 aliphatic rings. The van der Waals surface area contributed by atoms with Gasteiger partial charge in [-0.1, -0.05) is 0 Å². The second kappa shape index (κ2) is 2.12. The standard InChI is InChI=1S/C5H5N3/c6-4-5-7-2-1-3-8-5/h1-3,5,7H. The van der Waals surface area contributed by atoms with Crippen LogP contribution in [0.5, 0.6) is 0 Å². The zero-order valence-corrected chi connectivity index (χ0v) is 4.20. The third kappa shape index (κ3) is 0.850. The highest BCUT2D eigenvalue weighted by Crippen LogP contribution is 1.86. The molecule has 0 aliphatic carbocycles. The van der Waals surface area contributed by atoms with Gasteiger partial charge in [0.05, 0.1) is 0 Å². The lowest BCUT2D eigenvalue weighted by Gasteiger charge is -2.03. The second-order valence-corrected chi connectivity index (χ2v) is 1.36. The Bertz CT molecular complexity index is 163. The van der Waals surface area contributed by atoms with E-state index in [1.807, 2.05) is 6.07 Å². The molecule has 0 radical (unpaired) electrons. The molecule has 0 saturated carbocycles. The summed E-state index contributed by atoms with van der Waals surface area (Å²) in [6.07, 6.45) is 4.67. The lowest BCUT2D eigenvalue weighted by molar-refractivity contribution is 0.746. The molecule has 1 heterocycles. The Kier molecular flexibility index (Phi) is 1.29. The molecule has 40 valence electrons. The van der Waals surface area contributed by atoms with Crippen molar-refractivity contribution in [3.05, 3.63) is 12.3 Å². The first-order chi connectivity index (χ1) is 3.93. The number of aliphatic imine (C=N–C) groups is 1. The third-order valence-electron chi connectivity index (χ3n) is 0.794. The van der Waals surface area contributed by atoms with Gasteiger partial charge in [-0.2, -0.15) is 5.26 Å². The van der Waals surface area contributed by atoms with Crippen LogP contribution in [0.25, 0.3) is 0 Å². The fourth-order valence-corrected chi connectivity index (χ4v) is 0.439. The molecule has 0 aromatic rings. The molecule has 0 spiro atoms. The van der Waals surface area contributed by atoms with Crippen molar-refractivity contribution in [3.8, 4) is 6.07 Å². The van der Waals surface area contributed by atoms with Crippen molar-refractivity contribution in [2.24, 2.45) is 4.99 Å². The molecule has 0 amide bonds. The van der Waals surface area contributed by atoms with Crippen molar-refractivity contribution in [2.75, 3.05) is 0 Å². The first kappa shape index (κ1) is 4.85. The minimum atomic E-state index is -0.375. The van der Waals surface area contributed by atoms with Gasteiger partial charge in [-0.15, -0.1) is 0 Å². The first-order valence-corrected chi connectivity index (χ1v) is 2.27. The van der Waals surface area contributed by atoms with Crippen molar-refractivity contribution in [1.29, 1.82) is 5.26 Å². The Morgan fingerprint density at radius 1 is 1.75 bits per heavy atom. The van der Waals surface area contributed by atoms with Gasteiger partial charge < -0.3 is 5.32 Å². The summed E-state index contributed by atoms with van der Waals surface area (Å²) in [4.78, 5) is 3.76. The Morgan fingerprint density at radius 2 is 2.62 bits per heavy atom. The van der Waals surface area contributed by atoms with Gasteiger partial charge in [0.2, 0.25) is 6.17 Å². The van der Waals surface area contributed by atoms with Crippen LogP contribution < -0.4 is 5.32 Å². The predicted molar refractivity (Wildman–Crippen MR) is 30.2 cm³/mol. The van der Waals surface area contributed by atoms with Crippen molar-refractivity contribution in [1.82, 2.24) is 5.32 Å². The summed E-state index contributed by atoms with van der Waals surface area (Å²) in [5.41, 5.74) is 0. The molecule has 3 nitrogen and oxygen atoms in total. The van der Waals surface area contributed by atoms with Crippen LogP contribution in [0.2, 0.25) is 0 Å². The van der Waals surface area contributed by atoms with Crippen LogP contribution in [0.15, 0.2) is 17.3 Å². The summed E-state index contributed by atoms with van der Waals surface area (Å²) >= 11 is 0. The number of hydrogen-bond donors (Lipinski definition) is 1. The van der Waals surface area contributed by atoms with Crippen LogP contribution in [0, 0.1) is 11.3 Å². The van der Waals surface area contributed by atoms with E-state index in [9.17, 15) is 0 Å². The molecule has 1 unspecified atom stereocenters. The van der Waals surface area contributed by atoms with Crippen LogP contribution in [0.1, 0.15) is 0 Å². The van der Waals surface area contributed by atoms with Gasteiger partial charge in [-0.25, -0.2) is 0 Å². The maximum Gasteiger partial charge on any atom is 0.206 e. The quantitative estimate of drug-likeness (QED) is 0.474. The van der Waals surface area contributed by atoms with Gasteiger partial charge in [0.1, 0.15) is 6.07 Å². The Morgan fingerprint density at radius 3 is 3.00 bits per heavy atom. The van der Waals surface area contributed by atoms with E-state index in [0.29, 0.717) is 0 Å². The van der Waals surface area contributed by atoms with Crippen LogP contribution >= 0.6 is 0 Å². The summed E-state index contributed by atoms with van der Waals surface area (Å²) in [5, 5.41) is 11.0. The molecular formula is C5H5N3. The highest BCUT2D eigenvalue weighted by Gasteiger charge is 1.98. The number of nitrogens with one attached hydrogen (secondary N) is 1. The normalized spacial score (nSPS) is 24.1. The minimum absolute atomic E-state index is 0.375. The predicted octanol–water partition coefficient (Wildman–Crippen LogP) is 0.0238. The molecule has 0 aromatic carbocycles. The summed E-state index contributed by atoms with van der Waals surface area (Å²) in [7, 11) is 0. The van der Waals surface area contributed by atoms with Crippen molar-refractivity contribution >= 4 is 6.21 Å². The highest BCUT2D eigenvalue weighted by atomic mass is 15.1. The van der Waals surface area contributed by atoms with Crippen molar-refractivity contribution < 1.29 is 0 Å². The Balaban J connectivity index is 2.55. The maximum atomic E-state index is 8.23. The SMILES string of the molecule is N#CC1N=CC=CN1. The average molecular weight is 107 g/mol. The molecule has 0 fully saturated rings. The van der Waals surface area contributed by atoms with Crippen LogP contribution in [-0.2, 0) is 0 Å². The van der Waals surface area contributed by atoms with E-state index in [-0.39, 0.29) is 6.17 Å². The molecular weight excluding hydrogens is 102 g/mol. The van der Waals surface area contributed by atoms with Gasteiger partial charge in [0, 0.05) is 12.4 Å². The summed E-state index contributed by atoms with van der Waals surface area (Å²) in [6.45, 7) is 0. The molecule has 0 bridgehead atoms. The molecule has 0 saturated heterocycles. The van der Waals surface area contributed by atoms with E-state index in [0.717, 1.165) is 0 Å². The van der Waals surface area contributed by atoms with E-state index < -0.39 is 0 Å². The lowest BCUT2D eigenvalue weighted by atomic mass is 10.5. The van der Waals surface area contributed by atoms with E-state index >= 15 is 0 Å². The fraction of sp³-hybridized carbons (Fsp3) is 0.200. The zero-order valence-electron chi connectivity index (χ0n) is 4.20. The number of nitriles is 1. The average Bonchev–Trinajstić information content (AvgIpc) is 1.90. The van der Waals surface area contributed by atoms with E-state index in [4.69, 9.17) is 5.26 Å².